The molecule has 1 atom stereocenters. The minimum atomic E-state index is -3.92. The molecule has 4 rings (SSSR count). The molecule has 1 saturated heterocycles. The molecule has 2 aliphatic heterocycles. The first-order valence-electron chi connectivity index (χ1n) is 10.2. The van der Waals surface area contributed by atoms with Crippen LogP contribution in [0.2, 0.25) is 5.02 Å². The monoisotopic (exact) mass is 461 g/mol. The molecular weight excluding hydrogens is 438 g/mol. The molecule has 2 aliphatic rings. The van der Waals surface area contributed by atoms with Gasteiger partial charge in [-0.15, -0.1) is 0 Å². The van der Waals surface area contributed by atoms with E-state index in [9.17, 15) is 18.0 Å². The summed E-state index contributed by atoms with van der Waals surface area (Å²) in [5.41, 5.74) is 1.87. The van der Waals surface area contributed by atoms with E-state index in [4.69, 9.17) is 11.6 Å². The number of hydrogen-bond acceptors (Lipinski definition) is 4. The van der Waals surface area contributed by atoms with Crippen LogP contribution in [0.3, 0.4) is 0 Å². The summed E-state index contributed by atoms with van der Waals surface area (Å²) in [6.07, 6.45) is 0.314. The van der Waals surface area contributed by atoms with Crippen molar-refractivity contribution in [3.8, 4) is 0 Å². The first kappa shape index (κ1) is 21.8. The first-order chi connectivity index (χ1) is 14.8. The maximum Gasteiger partial charge on any atom is 0.244 e. The zero-order chi connectivity index (χ0) is 22.2. The third-order valence-electron chi connectivity index (χ3n) is 5.95. The highest BCUT2D eigenvalue weighted by atomic mass is 35.5. The van der Waals surface area contributed by atoms with Gasteiger partial charge in [0.25, 0.3) is 0 Å². The second-order valence-corrected chi connectivity index (χ2v) is 10.2. The van der Waals surface area contributed by atoms with E-state index in [2.05, 4.69) is 0 Å². The Morgan fingerprint density at radius 1 is 0.903 bits per heavy atom. The van der Waals surface area contributed by atoms with E-state index in [-0.39, 0.29) is 23.3 Å². The zero-order valence-electron chi connectivity index (χ0n) is 17.2. The number of piperazine rings is 1. The highest BCUT2D eigenvalue weighted by Crippen LogP contribution is 2.30. The van der Waals surface area contributed by atoms with Crippen LogP contribution in [0.15, 0.2) is 53.4 Å². The van der Waals surface area contributed by atoms with Crippen molar-refractivity contribution in [1.82, 2.24) is 14.1 Å². The van der Waals surface area contributed by atoms with Gasteiger partial charge < -0.3 is 9.80 Å². The number of carbonyl (C=O) groups is 2. The fourth-order valence-electron chi connectivity index (χ4n) is 4.16. The molecule has 31 heavy (non-hydrogen) atoms. The van der Waals surface area contributed by atoms with Gasteiger partial charge in [0, 0.05) is 44.7 Å². The third kappa shape index (κ3) is 4.33. The van der Waals surface area contributed by atoms with Crippen LogP contribution in [0, 0.1) is 0 Å². The number of hydrogen-bond donors (Lipinski definition) is 0. The smallest absolute Gasteiger partial charge is 0.244 e. The molecule has 0 aromatic heterocycles. The maximum absolute atomic E-state index is 13.5. The third-order valence-corrected chi connectivity index (χ3v) is 8.07. The van der Waals surface area contributed by atoms with Gasteiger partial charge in [-0.2, -0.15) is 4.31 Å². The van der Waals surface area contributed by atoms with Crippen molar-refractivity contribution in [1.29, 1.82) is 0 Å². The van der Waals surface area contributed by atoms with Gasteiger partial charge in [0.15, 0.2) is 0 Å². The Hall–Kier alpha value is -2.42. The normalized spacial score (nSPS) is 19.7. The Bertz CT molecular complexity index is 1100. The SMILES string of the molecule is CC(=O)N1CCN(C(=O)C2Cc3ccccc3CN2S(=O)(=O)c2ccc(Cl)cc2)CC1. The van der Waals surface area contributed by atoms with Crippen LogP contribution in [0.1, 0.15) is 18.1 Å². The number of benzene rings is 2. The fourth-order valence-corrected chi connectivity index (χ4v) is 5.84. The number of carbonyl (C=O) groups excluding carboxylic acids is 2. The summed E-state index contributed by atoms with van der Waals surface area (Å²) in [5, 5.41) is 0.443. The van der Waals surface area contributed by atoms with E-state index in [0.717, 1.165) is 11.1 Å². The van der Waals surface area contributed by atoms with E-state index < -0.39 is 16.1 Å². The first-order valence-corrected chi connectivity index (χ1v) is 12.0. The number of amides is 2. The molecule has 9 heteroatoms. The molecule has 0 bridgehead atoms. The molecule has 0 spiro atoms. The standard InChI is InChI=1S/C22H24ClN3O4S/c1-16(27)24-10-12-25(13-11-24)22(28)21-14-17-4-2-3-5-18(17)15-26(21)31(29,30)20-8-6-19(23)7-9-20/h2-9,21H,10-15H2,1H3. The molecular formula is C22H24ClN3O4S. The fraction of sp³-hybridized carbons (Fsp3) is 0.364. The lowest BCUT2D eigenvalue weighted by Gasteiger charge is -2.40. The van der Waals surface area contributed by atoms with Crippen LogP contribution in [-0.4, -0.2) is 66.6 Å². The van der Waals surface area contributed by atoms with Crippen molar-refractivity contribution >= 4 is 33.4 Å². The van der Waals surface area contributed by atoms with Crippen LogP contribution < -0.4 is 0 Å². The molecule has 1 fully saturated rings. The van der Waals surface area contributed by atoms with Gasteiger partial charge >= 0.3 is 0 Å². The summed E-state index contributed by atoms with van der Waals surface area (Å²) in [7, 11) is -3.92. The van der Waals surface area contributed by atoms with Crippen molar-refractivity contribution in [3.05, 3.63) is 64.7 Å². The Morgan fingerprint density at radius 2 is 1.48 bits per heavy atom. The lowest BCUT2D eigenvalue weighted by atomic mass is 9.95. The molecule has 0 aliphatic carbocycles. The predicted molar refractivity (Wildman–Crippen MR) is 117 cm³/mol. The predicted octanol–water partition coefficient (Wildman–Crippen LogP) is 2.15. The van der Waals surface area contributed by atoms with E-state index in [1.165, 1.54) is 35.5 Å². The summed E-state index contributed by atoms with van der Waals surface area (Å²) in [5.74, 6) is -0.249. The van der Waals surface area contributed by atoms with Crippen molar-refractivity contribution < 1.29 is 18.0 Å². The number of sulfonamides is 1. The second kappa shape index (κ2) is 8.61. The minimum Gasteiger partial charge on any atom is -0.339 e. The highest BCUT2D eigenvalue weighted by molar-refractivity contribution is 7.89. The van der Waals surface area contributed by atoms with Crippen molar-refractivity contribution in [2.45, 2.75) is 30.8 Å². The summed E-state index contributed by atoms with van der Waals surface area (Å²) in [6.45, 7) is 3.33. The van der Waals surface area contributed by atoms with Crippen LogP contribution in [-0.2, 0) is 32.6 Å². The average Bonchev–Trinajstić information content (AvgIpc) is 2.78. The Labute approximate surface area is 187 Å². The second-order valence-electron chi connectivity index (χ2n) is 7.82. The van der Waals surface area contributed by atoms with E-state index in [1.54, 1.807) is 9.80 Å². The van der Waals surface area contributed by atoms with Gasteiger partial charge in [-0.1, -0.05) is 35.9 Å². The number of fused-ring (bicyclic) bond motifs is 1. The Balaban J connectivity index is 1.66. The van der Waals surface area contributed by atoms with Crippen molar-refractivity contribution in [2.24, 2.45) is 0 Å². The van der Waals surface area contributed by atoms with Crippen molar-refractivity contribution in [3.63, 3.8) is 0 Å². The summed E-state index contributed by atoms with van der Waals surface area (Å²) < 4.78 is 28.3. The molecule has 2 heterocycles. The van der Waals surface area contributed by atoms with Crippen molar-refractivity contribution in [2.75, 3.05) is 26.2 Å². The van der Waals surface area contributed by atoms with E-state index in [1.807, 2.05) is 24.3 Å². The van der Waals surface area contributed by atoms with Crippen LogP contribution in [0.25, 0.3) is 0 Å². The van der Waals surface area contributed by atoms with Gasteiger partial charge in [0.05, 0.1) is 4.90 Å². The molecule has 0 saturated carbocycles. The zero-order valence-corrected chi connectivity index (χ0v) is 18.8. The molecule has 164 valence electrons. The summed E-state index contributed by atoms with van der Waals surface area (Å²) in [6, 6.07) is 12.8. The van der Waals surface area contributed by atoms with Gasteiger partial charge in [-0.25, -0.2) is 8.42 Å². The molecule has 0 N–H and O–H groups in total. The van der Waals surface area contributed by atoms with Gasteiger partial charge in [-0.3, -0.25) is 9.59 Å². The maximum atomic E-state index is 13.5. The van der Waals surface area contributed by atoms with Gasteiger partial charge in [-0.05, 0) is 41.8 Å². The number of rotatable bonds is 3. The molecule has 2 aromatic carbocycles. The topological polar surface area (TPSA) is 78.0 Å². The lowest BCUT2D eigenvalue weighted by Crippen LogP contribution is -2.57. The minimum absolute atomic E-state index is 0.0226. The van der Waals surface area contributed by atoms with Crippen LogP contribution in [0.4, 0.5) is 0 Å². The quantitative estimate of drug-likeness (QED) is 0.701. The summed E-state index contributed by atoms with van der Waals surface area (Å²) >= 11 is 5.93. The molecule has 1 unspecified atom stereocenters. The summed E-state index contributed by atoms with van der Waals surface area (Å²) in [4.78, 5) is 28.6. The van der Waals surface area contributed by atoms with Gasteiger partial charge in [0.1, 0.15) is 6.04 Å². The number of nitrogens with zero attached hydrogens (tertiary/aromatic N) is 3. The highest BCUT2D eigenvalue weighted by Gasteiger charge is 2.41. The Kier molecular flexibility index (Phi) is 6.05. The van der Waals surface area contributed by atoms with Gasteiger partial charge in [0.2, 0.25) is 21.8 Å². The molecule has 2 aromatic rings. The van der Waals surface area contributed by atoms with E-state index >= 15 is 0 Å². The number of halogens is 1. The molecule has 7 nitrogen and oxygen atoms in total. The van der Waals surface area contributed by atoms with Crippen LogP contribution >= 0.6 is 11.6 Å². The average molecular weight is 462 g/mol. The molecule has 0 radical (unpaired) electrons. The lowest BCUT2D eigenvalue weighted by molar-refractivity contribution is -0.141. The van der Waals surface area contributed by atoms with Crippen LogP contribution in [0.5, 0.6) is 0 Å². The molecule has 2 amide bonds. The van der Waals surface area contributed by atoms with E-state index in [0.29, 0.717) is 37.6 Å². The largest absolute Gasteiger partial charge is 0.339 e. The Morgan fingerprint density at radius 3 is 2.10 bits per heavy atom.